The van der Waals surface area contributed by atoms with Crippen LogP contribution in [0.3, 0.4) is 0 Å². The van der Waals surface area contributed by atoms with Gasteiger partial charge in [0.1, 0.15) is 0 Å². The van der Waals surface area contributed by atoms with Crippen molar-refractivity contribution in [3.63, 3.8) is 0 Å². The highest BCUT2D eigenvalue weighted by Gasteiger charge is 2.27. The van der Waals surface area contributed by atoms with Gasteiger partial charge in [0.15, 0.2) is 0 Å². The van der Waals surface area contributed by atoms with Crippen molar-refractivity contribution in [3.8, 4) is 0 Å². The summed E-state index contributed by atoms with van der Waals surface area (Å²) < 4.78 is 0. The standard InChI is InChI=1S/C6H11BrO2/c7-4-2-1-3-5(8)6(4)9/h4-6,8-9H,1-3H2/t4?,5-,6-/m1/s1. The molecule has 1 rings (SSSR count). The first kappa shape index (κ1) is 7.51. The first-order valence-electron chi connectivity index (χ1n) is 3.22. The summed E-state index contributed by atoms with van der Waals surface area (Å²) in [7, 11) is 0. The minimum atomic E-state index is -0.557. The maximum Gasteiger partial charge on any atom is 0.0923 e. The fourth-order valence-corrected chi connectivity index (χ4v) is 1.78. The summed E-state index contributed by atoms with van der Waals surface area (Å²) in [5, 5.41) is 18.2. The number of aliphatic hydroxyl groups excluding tert-OH is 2. The van der Waals surface area contributed by atoms with Crippen LogP contribution in [0.1, 0.15) is 19.3 Å². The van der Waals surface area contributed by atoms with Crippen LogP contribution >= 0.6 is 15.9 Å². The van der Waals surface area contributed by atoms with Crippen molar-refractivity contribution in [2.75, 3.05) is 0 Å². The maximum atomic E-state index is 9.15. The van der Waals surface area contributed by atoms with Gasteiger partial charge in [0.25, 0.3) is 0 Å². The molecular weight excluding hydrogens is 184 g/mol. The van der Waals surface area contributed by atoms with E-state index in [2.05, 4.69) is 15.9 Å². The summed E-state index contributed by atoms with van der Waals surface area (Å²) in [5.74, 6) is 0. The van der Waals surface area contributed by atoms with Gasteiger partial charge in [-0.1, -0.05) is 15.9 Å². The third kappa shape index (κ3) is 1.66. The minimum absolute atomic E-state index is 0.0984. The van der Waals surface area contributed by atoms with E-state index in [4.69, 9.17) is 10.2 Å². The number of halogens is 1. The van der Waals surface area contributed by atoms with Gasteiger partial charge >= 0.3 is 0 Å². The molecule has 1 aliphatic carbocycles. The van der Waals surface area contributed by atoms with Crippen LogP contribution in [0.15, 0.2) is 0 Å². The van der Waals surface area contributed by atoms with Crippen LogP contribution < -0.4 is 0 Å². The lowest BCUT2D eigenvalue weighted by atomic mass is 9.95. The molecule has 0 aromatic carbocycles. The second-order valence-electron chi connectivity index (χ2n) is 2.50. The van der Waals surface area contributed by atoms with Crippen LogP contribution in [-0.2, 0) is 0 Å². The number of alkyl halides is 1. The van der Waals surface area contributed by atoms with Crippen molar-refractivity contribution in [2.45, 2.75) is 36.3 Å². The average molecular weight is 195 g/mol. The quantitative estimate of drug-likeness (QED) is 0.557. The van der Waals surface area contributed by atoms with E-state index in [1.165, 1.54) is 0 Å². The molecule has 1 aliphatic rings. The van der Waals surface area contributed by atoms with E-state index in [9.17, 15) is 0 Å². The molecule has 0 heterocycles. The SMILES string of the molecule is O[C@@H]1CCCC(Br)[C@H]1O. The van der Waals surface area contributed by atoms with E-state index in [1.807, 2.05) is 0 Å². The minimum Gasteiger partial charge on any atom is -0.390 e. The molecule has 3 heteroatoms. The molecule has 2 nitrogen and oxygen atoms in total. The molecule has 1 unspecified atom stereocenters. The van der Waals surface area contributed by atoms with Gasteiger partial charge in [-0.25, -0.2) is 0 Å². The number of hydrogen-bond acceptors (Lipinski definition) is 2. The van der Waals surface area contributed by atoms with E-state index in [0.29, 0.717) is 0 Å². The summed E-state index contributed by atoms with van der Waals surface area (Å²) in [4.78, 5) is 0.0984. The van der Waals surface area contributed by atoms with Crippen molar-refractivity contribution in [1.29, 1.82) is 0 Å². The number of rotatable bonds is 0. The summed E-state index contributed by atoms with van der Waals surface area (Å²) in [6, 6.07) is 0. The molecule has 1 fully saturated rings. The highest BCUT2D eigenvalue weighted by atomic mass is 79.9. The summed E-state index contributed by atoms with van der Waals surface area (Å²) in [6.07, 6.45) is 1.65. The van der Waals surface area contributed by atoms with Gasteiger partial charge in [-0.2, -0.15) is 0 Å². The molecular formula is C6H11BrO2. The van der Waals surface area contributed by atoms with Crippen molar-refractivity contribution in [1.82, 2.24) is 0 Å². The molecule has 3 atom stereocenters. The van der Waals surface area contributed by atoms with Gasteiger partial charge in [0, 0.05) is 4.83 Å². The van der Waals surface area contributed by atoms with Crippen LogP contribution in [-0.4, -0.2) is 27.2 Å². The fraction of sp³-hybridized carbons (Fsp3) is 1.00. The maximum absolute atomic E-state index is 9.15. The molecule has 2 N–H and O–H groups in total. The lowest BCUT2D eigenvalue weighted by Crippen LogP contribution is -2.37. The zero-order valence-electron chi connectivity index (χ0n) is 5.13. The van der Waals surface area contributed by atoms with Gasteiger partial charge in [0.05, 0.1) is 12.2 Å². The first-order valence-corrected chi connectivity index (χ1v) is 4.13. The monoisotopic (exact) mass is 194 g/mol. The molecule has 54 valence electrons. The van der Waals surface area contributed by atoms with Gasteiger partial charge in [-0.15, -0.1) is 0 Å². The predicted molar refractivity (Wildman–Crippen MR) is 38.6 cm³/mol. The lowest BCUT2D eigenvalue weighted by molar-refractivity contribution is -0.00306. The zero-order valence-corrected chi connectivity index (χ0v) is 6.71. The smallest absolute Gasteiger partial charge is 0.0923 e. The van der Waals surface area contributed by atoms with Crippen LogP contribution in [0.5, 0.6) is 0 Å². The zero-order chi connectivity index (χ0) is 6.85. The average Bonchev–Trinajstić information content (AvgIpc) is 1.83. The Bertz CT molecular complexity index is 87.1. The molecule has 0 bridgehead atoms. The van der Waals surface area contributed by atoms with Gasteiger partial charge < -0.3 is 10.2 Å². The van der Waals surface area contributed by atoms with Crippen LogP contribution in [0.25, 0.3) is 0 Å². The summed E-state index contributed by atoms with van der Waals surface area (Å²) in [5.41, 5.74) is 0. The van der Waals surface area contributed by atoms with Crippen LogP contribution in [0, 0.1) is 0 Å². The molecule has 0 aromatic rings. The number of aliphatic hydroxyl groups is 2. The van der Waals surface area contributed by atoms with E-state index in [-0.39, 0.29) is 4.83 Å². The summed E-state index contributed by atoms with van der Waals surface area (Å²) in [6.45, 7) is 0. The second-order valence-corrected chi connectivity index (χ2v) is 3.68. The molecule has 0 aliphatic heterocycles. The highest BCUT2D eigenvalue weighted by Crippen LogP contribution is 2.24. The third-order valence-corrected chi connectivity index (χ3v) is 2.74. The Hall–Kier alpha value is 0.400. The Morgan fingerprint density at radius 2 is 1.89 bits per heavy atom. The van der Waals surface area contributed by atoms with E-state index in [0.717, 1.165) is 19.3 Å². The topological polar surface area (TPSA) is 40.5 Å². The first-order chi connectivity index (χ1) is 4.22. The molecule has 0 spiro atoms. The largest absolute Gasteiger partial charge is 0.390 e. The Kier molecular flexibility index (Phi) is 2.50. The van der Waals surface area contributed by atoms with E-state index >= 15 is 0 Å². The molecule has 1 saturated carbocycles. The Labute approximate surface area is 63.0 Å². The molecule has 9 heavy (non-hydrogen) atoms. The molecule has 0 radical (unpaired) electrons. The predicted octanol–water partition coefficient (Wildman–Crippen LogP) is 0.656. The van der Waals surface area contributed by atoms with Crippen LogP contribution in [0.2, 0.25) is 0 Å². The normalized spacial score (nSPS) is 45.0. The van der Waals surface area contributed by atoms with E-state index in [1.54, 1.807) is 0 Å². The lowest BCUT2D eigenvalue weighted by Gasteiger charge is -2.27. The van der Waals surface area contributed by atoms with Crippen molar-refractivity contribution < 1.29 is 10.2 Å². The molecule has 0 saturated heterocycles. The Morgan fingerprint density at radius 3 is 2.33 bits per heavy atom. The van der Waals surface area contributed by atoms with E-state index < -0.39 is 12.2 Å². The van der Waals surface area contributed by atoms with Gasteiger partial charge in [-0.05, 0) is 19.3 Å². The van der Waals surface area contributed by atoms with Gasteiger partial charge in [0.2, 0.25) is 0 Å². The molecule has 0 amide bonds. The third-order valence-electron chi connectivity index (χ3n) is 1.74. The Balaban J connectivity index is 2.41. The Morgan fingerprint density at radius 1 is 1.22 bits per heavy atom. The fourth-order valence-electron chi connectivity index (χ4n) is 1.10. The summed E-state index contributed by atoms with van der Waals surface area (Å²) >= 11 is 3.28. The highest BCUT2D eigenvalue weighted by molar-refractivity contribution is 9.09. The van der Waals surface area contributed by atoms with Crippen molar-refractivity contribution in [3.05, 3.63) is 0 Å². The van der Waals surface area contributed by atoms with Crippen LogP contribution in [0.4, 0.5) is 0 Å². The number of hydrogen-bond donors (Lipinski definition) is 2. The van der Waals surface area contributed by atoms with Crippen molar-refractivity contribution >= 4 is 15.9 Å². The van der Waals surface area contributed by atoms with Gasteiger partial charge in [-0.3, -0.25) is 0 Å². The second kappa shape index (κ2) is 2.99. The molecule has 0 aromatic heterocycles. The van der Waals surface area contributed by atoms with Crippen molar-refractivity contribution in [2.24, 2.45) is 0 Å².